The van der Waals surface area contributed by atoms with Gasteiger partial charge in [0.2, 0.25) is 10.0 Å². The smallest absolute Gasteiger partial charge is 0.235 e. The second-order valence-corrected chi connectivity index (χ2v) is 6.94. The highest BCUT2D eigenvalue weighted by Gasteiger charge is 2.30. The molecule has 1 heterocycles. The predicted molar refractivity (Wildman–Crippen MR) is 80.5 cm³/mol. The Balaban J connectivity index is 2.25. The maximum Gasteiger partial charge on any atom is 0.235 e. The first kappa shape index (κ1) is 15.3. The van der Waals surface area contributed by atoms with Gasteiger partial charge in [0.25, 0.3) is 0 Å². The molecule has 0 saturated heterocycles. The van der Waals surface area contributed by atoms with Crippen molar-refractivity contribution in [2.24, 2.45) is 0 Å². The first-order chi connectivity index (χ1) is 9.60. The van der Waals surface area contributed by atoms with E-state index in [0.717, 1.165) is 17.7 Å². The van der Waals surface area contributed by atoms with E-state index in [-0.39, 0.29) is 11.8 Å². The van der Waals surface area contributed by atoms with Crippen molar-refractivity contribution in [3.05, 3.63) is 29.8 Å². The summed E-state index contributed by atoms with van der Waals surface area (Å²) in [7, 11) is 0.216. The summed E-state index contributed by atoms with van der Waals surface area (Å²) >= 11 is 0. The number of anilines is 1. The molecule has 0 fully saturated rings. The third-order valence-electron chi connectivity index (χ3n) is 3.64. The van der Waals surface area contributed by atoms with Crippen LogP contribution in [0.15, 0.2) is 24.3 Å². The van der Waals surface area contributed by atoms with E-state index in [1.54, 1.807) is 11.4 Å². The molecule has 0 radical (unpaired) electrons. The summed E-state index contributed by atoms with van der Waals surface area (Å²) in [6, 6.07) is 7.93. The number of benzene rings is 1. The zero-order valence-corrected chi connectivity index (χ0v) is 12.8. The number of hydrogen-bond acceptors (Lipinski definition) is 4. The van der Waals surface area contributed by atoms with Crippen molar-refractivity contribution in [2.45, 2.75) is 18.9 Å². The van der Waals surface area contributed by atoms with Crippen molar-refractivity contribution in [3.8, 4) is 0 Å². The summed E-state index contributed by atoms with van der Waals surface area (Å²) in [5.41, 5.74) is 1.85. The Labute approximate surface area is 121 Å². The minimum Gasteiger partial charge on any atom is -0.385 e. The third kappa shape index (κ3) is 3.13. The van der Waals surface area contributed by atoms with Gasteiger partial charge in [0.15, 0.2) is 0 Å². The normalized spacial score (nSPS) is 18.9. The van der Waals surface area contributed by atoms with Crippen molar-refractivity contribution < 1.29 is 13.2 Å². The summed E-state index contributed by atoms with van der Waals surface area (Å²) in [6.07, 6.45) is 1.31. The molecule has 1 aliphatic rings. The average Bonchev–Trinajstić information content (AvgIpc) is 2.46. The van der Waals surface area contributed by atoms with Crippen molar-refractivity contribution in [1.29, 1.82) is 0 Å². The average molecular weight is 298 g/mol. The van der Waals surface area contributed by atoms with Gasteiger partial charge < -0.3 is 10.1 Å². The zero-order valence-electron chi connectivity index (χ0n) is 12.0. The van der Waals surface area contributed by atoms with Crippen LogP contribution in [0, 0.1) is 0 Å². The molecule has 0 amide bonds. The minimum atomic E-state index is -3.28. The molecule has 0 bridgehead atoms. The topological polar surface area (TPSA) is 58.6 Å². The van der Waals surface area contributed by atoms with Gasteiger partial charge in [0, 0.05) is 26.3 Å². The van der Waals surface area contributed by atoms with Gasteiger partial charge in [-0.15, -0.1) is 0 Å². The molecular formula is C14H22N2O3S. The number of nitrogens with one attached hydrogen (secondary N) is 1. The highest BCUT2D eigenvalue weighted by atomic mass is 32.2. The molecular weight excluding hydrogens is 276 g/mol. The summed E-state index contributed by atoms with van der Waals surface area (Å²) in [4.78, 5) is 0. The molecule has 0 aliphatic carbocycles. The van der Waals surface area contributed by atoms with Crippen molar-refractivity contribution >= 4 is 15.7 Å². The summed E-state index contributed by atoms with van der Waals surface area (Å²) in [5, 5.41) is 3.24. The van der Waals surface area contributed by atoms with E-state index in [9.17, 15) is 8.42 Å². The molecule has 0 aromatic heterocycles. The Bertz CT molecular complexity index is 545. The molecule has 0 spiro atoms. The highest BCUT2D eigenvalue weighted by Crippen LogP contribution is 2.35. The fraction of sp³-hybridized carbons (Fsp3) is 0.571. The highest BCUT2D eigenvalue weighted by molar-refractivity contribution is 7.92. The van der Waals surface area contributed by atoms with E-state index in [2.05, 4.69) is 5.32 Å². The van der Waals surface area contributed by atoms with E-state index in [1.165, 1.54) is 0 Å². The molecule has 20 heavy (non-hydrogen) atoms. The van der Waals surface area contributed by atoms with Gasteiger partial charge >= 0.3 is 0 Å². The van der Waals surface area contributed by atoms with E-state index < -0.39 is 10.0 Å². The number of hydrogen-bond donors (Lipinski definition) is 1. The lowest BCUT2D eigenvalue weighted by Crippen LogP contribution is -2.40. The van der Waals surface area contributed by atoms with E-state index in [4.69, 9.17) is 4.74 Å². The Hall–Kier alpha value is -1.11. The third-order valence-corrected chi connectivity index (χ3v) is 5.49. The van der Waals surface area contributed by atoms with Crippen LogP contribution in [0.4, 0.5) is 5.69 Å². The van der Waals surface area contributed by atoms with Crippen LogP contribution in [0.3, 0.4) is 0 Å². The molecule has 1 aromatic carbocycles. The first-order valence-corrected chi connectivity index (χ1v) is 8.46. The van der Waals surface area contributed by atoms with E-state index in [1.807, 2.05) is 31.3 Å². The number of nitrogens with zero attached hydrogens (tertiary/aromatic N) is 1. The Morgan fingerprint density at radius 1 is 1.40 bits per heavy atom. The summed E-state index contributed by atoms with van der Waals surface area (Å²) in [6.45, 7) is 0.992. The molecule has 1 atom stereocenters. The molecule has 6 heteroatoms. The molecule has 5 nitrogen and oxygen atoms in total. The van der Waals surface area contributed by atoms with Gasteiger partial charge in [-0.25, -0.2) is 8.42 Å². The van der Waals surface area contributed by atoms with Gasteiger partial charge in [-0.05, 0) is 31.5 Å². The second-order valence-electron chi connectivity index (χ2n) is 4.92. The fourth-order valence-corrected chi connectivity index (χ4v) is 4.17. The van der Waals surface area contributed by atoms with Crippen LogP contribution in [-0.2, 0) is 14.8 Å². The number of ether oxygens (including phenoxy) is 1. The number of sulfonamides is 1. The van der Waals surface area contributed by atoms with Crippen LogP contribution in [0.1, 0.15) is 24.4 Å². The SMILES string of the molecule is CNC1CCN(S(=O)(=O)CCCOC)c2ccccc21. The van der Waals surface area contributed by atoms with Crippen LogP contribution >= 0.6 is 0 Å². The molecule has 1 unspecified atom stereocenters. The number of para-hydroxylation sites is 1. The molecule has 112 valence electrons. The first-order valence-electron chi connectivity index (χ1n) is 6.85. The Morgan fingerprint density at radius 3 is 2.85 bits per heavy atom. The molecule has 2 rings (SSSR count). The second kappa shape index (κ2) is 6.56. The lowest BCUT2D eigenvalue weighted by molar-refractivity contribution is 0.199. The molecule has 1 aromatic rings. The minimum absolute atomic E-state index is 0.124. The van der Waals surface area contributed by atoms with Crippen molar-refractivity contribution in [3.63, 3.8) is 0 Å². The lowest BCUT2D eigenvalue weighted by Gasteiger charge is -2.34. The van der Waals surface area contributed by atoms with Gasteiger partial charge in [0.1, 0.15) is 0 Å². The number of methoxy groups -OCH3 is 1. The zero-order chi connectivity index (χ0) is 14.6. The fourth-order valence-electron chi connectivity index (χ4n) is 2.62. The van der Waals surface area contributed by atoms with E-state index >= 15 is 0 Å². The molecule has 1 aliphatic heterocycles. The predicted octanol–water partition coefficient (Wildman–Crippen LogP) is 1.52. The maximum absolute atomic E-state index is 12.5. The van der Waals surface area contributed by atoms with Crippen LogP contribution in [-0.4, -0.2) is 41.5 Å². The largest absolute Gasteiger partial charge is 0.385 e. The Morgan fingerprint density at radius 2 is 2.15 bits per heavy atom. The summed E-state index contributed by atoms with van der Waals surface area (Å²) in [5.74, 6) is 0.124. The van der Waals surface area contributed by atoms with E-state index in [0.29, 0.717) is 19.6 Å². The van der Waals surface area contributed by atoms with Gasteiger partial charge in [0.05, 0.1) is 11.4 Å². The van der Waals surface area contributed by atoms with Crippen molar-refractivity contribution in [1.82, 2.24) is 5.32 Å². The van der Waals surface area contributed by atoms with Crippen LogP contribution < -0.4 is 9.62 Å². The Kier molecular flexibility index (Phi) is 5.01. The van der Waals surface area contributed by atoms with Crippen LogP contribution in [0.2, 0.25) is 0 Å². The monoisotopic (exact) mass is 298 g/mol. The van der Waals surface area contributed by atoms with Crippen LogP contribution in [0.5, 0.6) is 0 Å². The van der Waals surface area contributed by atoms with Gasteiger partial charge in [-0.3, -0.25) is 4.31 Å². The summed E-state index contributed by atoms with van der Waals surface area (Å²) < 4.78 is 31.4. The molecule has 1 N–H and O–H groups in total. The maximum atomic E-state index is 12.5. The number of fused-ring (bicyclic) bond motifs is 1. The van der Waals surface area contributed by atoms with Gasteiger partial charge in [-0.2, -0.15) is 0 Å². The van der Waals surface area contributed by atoms with Crippen LogP contribution in [0.25, 0.3) is 0 Å². The lowest BCUT2D eigenvalue weighted by atomic mass is 9.98. The standard InChI is InChI=1S/C14H22N2O3S/c1-15-13-8-9-16(14-7-4-3-6-12(13)14)20(17,18)11-5-10-19-2/h3-4,6-7,13,15H,5,8-11H2,1-2H3. The van der Waals surface area contributed by atoms with Gasteiger partial charge in [-0.1, -0.05) is 18.2 Å². The van der Waals surface area contributed by atoms with Crippen molar-refractivity contribution in [2.75, 3.05) is 37.4 Å². The molecule has 0 saturated carbocycles. The number of rotatable bonds is 6. The quantitative estimate of drug-likeness (QED) is 0.809.